The predicted molar refractivity (Wildman–Crippen MR) is 101 cm³/mol. The van der Waals surface area contributed by atoms with Gasteiger partial charge in [-0.3, -0.25) is 4.79 Å². The Morgan fingerprint density at radius 2 is 2.08 bits per heavy atom. The predicted octanol–water partition coefficient (Wildman–Crippen LogP) is 3.32. The van der Waals surface area contributed by atoms with Gasteiger partial charge in [0, 0.05) is 25.1 Å². The lowest BCUT2D eigenvalue weighted by molar-refractivity contribution is -0.120. The summed E-state index contributed by atoms with van der Waals surface area (Å²) >= 11 is 0. The third-order valence-corrected chi connectivity index (χ3v) is 4.96. The molecule has 1 heterocycles. The number of para-hydroxylation sites is 1. The van der Waals surface area contributed by atoms with E-state index in [2.05, 4.69) is 23.0 Å². The molecule has 5 nitrogen and oxygen atoms in total. The number of carbonyl (C=O) groups is 1. The van der Waals surface area contributed by atoms with E-state index >= 15 is 0 Å². The van der Waals surface area contributed by atoms with Crippen molar-refractivity contribution < 1.29 is 9.53 Å². The second-order valence-electron chi connectivity index (χ2n) is 6.89. The van der Waals surface area contributed by atoms with Crippen molar-refractivity contribution in [2.75, 3.05) is 7.11 Å². The van der Waals surface area contributed by atoms with Gasteiger partial charge in [-0.2, -0.15) is 0 Å². The number of nitrogens with one attached hydrogen (secondary N) is 1. The Hall–Kier alpha value is -2.82. The van der Waals surface area contributed by atoms with E-state index in [4.69, 9.17) is 9.72 Å². The van der Waals surface area contributed by atoms with E-state index in [0.717, 1.165) is 33.7 Å². The van der Waals surface area contributed by atoms with Gasteiger partial charge in [-0.05, 0) is 36.6 Å². The minimum atomic E-state index is -0.00592. The fourth-order valence-corrected chi connectivity index (χ4v) is 3.37. The first-order chi connectivity index (χ1) is 12.7. The fourth-order valence-electron chi connectivity index (χ4n) is 3.37. The van der Waals surface area contributed by atoms with Crippen molar-refractivity contribution in [1.82, 2.24) is 14.9 Å². The molecule has 1 fully saturated rings. The highest BCUT2D eigenvalue weighted by molar-refractivity contribution is 5.82. The van der Waals surface area contributed by atoms with Gasteiger partial charge in [-0.15, -0.1) is 0 Å². The van der Waals surface area contributed by atoms with Gasteiger partial charge < -0.3 is 14.6 Å². The molecule has 3 aromatic rings. The van der Waals surface area contributed by atoms with E-state index in [1.807, 2.05) is 36.4 Å². The Kier molecular flexibility index (Phi) is 4.37. The average Bonchev–Trinajstić information content (AvgIpc) is 3.44. The van der Waals surface area contributed by atoms with Crippen molar-refractivity contribution in [2.24, 2.45) is 7.05 Å². The molecule has 4 rings (SSSR count). The van der Waals surface area contributed by atoms with Crippen LogP contribution in [0.1, 0.15) is 35.7 Å². The molecule has 0 atom stereocenters. The van der Waals surface area contributed by atoms with Gasteiger partial charge in [-0.1, -0.05) is 24.3 Å². The smallest absolute Gasteiger partial charge is 0.224 e. The number of hydrogen-bond donors (Lipinski definition) is 1. The first kappa shape index (κ1) is 16.6. The third-order valence-electron chi connectivity index (χ3n) is 4.96. The molecule has 1 saturated carbocycles. The van der Waals surface area contributed by atoms with Gasteiger partial charge in [0.2, 0.25) is 5.91 Å². The Morgan fingerprint density at radius 3 is 2.85 bits per heavy atom. The fraction of sp³-hybridized carbons (Fsp3) is 0.333. The molecule has 0 unspecified atom stereocenters. The molecule has 1 aliphatic carbocycles. The summed E-state index contributed by atoms with van der Waals surface area (Å²) in [5, 5.41) is 2.97. The highest BCUT2D eigenvalue weighted by Gasteiger charge is 2.28. The molecular weight excluding hydrogens is 326 g/mol. The molecule has 26 heavy (non-hydrogen) atoms. The van der Waals surface area contributed by atoms with Crippen LogP contribution in [0, 0.1) is 0 Å². The Balaban J connectivity index is 1.44. The number of aryl methyl sites for hydroxylation is 1. The molecule has 0 aliphatic heterocycles. The quantitative estimate of drug-likeness (QED) is 0.743. The zero-order valence-corrected chi connectivity index (χ0v) is 15.2. The summed E-state index contributed by atoms with van der Waals surface area (Å²) in [6.45, 7) is 0.459. The maximum absolute atomic E-state index is 12.3. The minimum absolute atomic E-state index is 0.00592. The van der Waals surface area contributed by atoms with E-state index in [9.17, 15) is 4.79 Å². The number of carbonyl (C=O) groups excluding carboxylic acids is 1. The zero-order chi connectivity index (χ0) is 18.1. The van der Waals surface area contributed by atoms with E-state index in [0.29, 0.717) is 18.9 Å². The van der Waals surface area contributed by atoms with E-state index in [-0.39, 0.29) is 5.91 Å². The first-order valence-electron chi connectivity index (χ1n) is 8.99. The zero-order valence-electron chi connectivity index (χ0n) is 15.2. The Labute approximate surface area is 153 Å². The minimum Gasteiger partial charge on any atom is -0.496 e. The molecule has 1 aliphatic rings. The third kappa shape index (κ3) is 3.29. The second kappa shape index (κ2) is 6.83. The van der Waals surface area contributed by atoms with Crippen LogP contribution in [0.4, 0.5) is 0 Å². The van der Waals surface area contributed by atoms with E-state index in [1.165, 1.54) is 12.8 Å². The van der Waals surface area contributed by atoms with Gasteiger partial charge in [0.1, 0.15) is 11.6 Å². The molecule has 0 saturated heterocycles. The molecule has 0 spiro atoms. The van der Waals surface area contributed by atoms with Crippen LogP contribution >= 0.6 is 0 Å². The largest absolute Gasteiger partial charge is 0.496 e. The number of aromatic nitrogens is 2. The van der Waals surface area contributed by atoms with Crippen LogP contribution in [0.25, 0.3) is 11.0 Å². The molecule has 1 aromatic heterocycles. The molecule has 1 amide bonds. The van der Waals surface area contributed by atoms with Crippen LogP contribution in [-0.2, 0) is 24.8 Å². The van der Waals surface area contributed by atoms with Crippen LogP contribution in [0.15, 0.2) is 42.5 Å². The maximum atomic E-state index is 12.3. The standard InChI is InChI=1S/C21H23N3O2/c1-24-18-10-7-14(11-17(18)23-21(24)15-8-9-15)12-20(25)22-13-16-5-3-4-6-19(16)26-2/h3-7,10-11,15H,8-9,12-13H2,1-2H3,(H,22,25). The van der Waals surface area contributed by atoms with Gasteiger partial charge in [0.15, 0.2) is 0 Å². The number of rotatable bonds is 6. The summed E-state index contributed by atoms with van der Waals surface area (Å²) in [4.78, 5) is 17.1. The van der Waals surface area contributed by atoms with Gasteiger partial charge in [0.05, 0.1) is 24.6 Å². The normalized spacial score (nSPS) is 13.8. The number of methoxy groups -OCH3 is 1. The summed E-state index contributed by atoms with van der Waals surface area (Å²) in [5.74, 6) is 2.56. The summed E-state index contributed by atoms with van der Waals surface area (Å²) in [5.41, 5.74) is 4.06. The monoisotopic (exact) mass is 349 g/mol. The number of amides is 1. The average molecular weight is 349 g/mol. The molecular formula is C21H23N3O2. The van der Waals surface area contributed by atoms with Crippen LogP contribution in [0.5, 0.6) is 5.75 Å². The number of hydrogen-bond acceptors (Lipinski definition) is 3. The maximum Gasteiger partial charge on any atom is 0.224 e. The van der Waals surface area contributed by atoms with Crippen molar-refractivity contribution >= 4 is 16.9 Å². The van der Waals surface area contributed by atoms with Crippen LogP contribution in [-0.4, -0.2) is 22.6 Å². The number of nitrogens with zero attached hydrogens (tertiary/aromatic N) is 2. The molecule has 1 N–H and O–H groups in total. The lowest BCUT2D eigenvalue weighted by Gasteiger charge is -2.09. The lowest BCUT2D eigenvalue weighted by Crippen LogP contribution is -2.24. The Bertz CT molecular complexity index is 957. The Morgan fingerprint density at radius 1 is 1.27 bits per heavy atom. The number of fused-ring (bicyclic) bond motifs is 1. The van der Waals surface area contributed by atoms with Crippen LogP contribution < -0.4 is 10.1 Å². The van der Waals surface area contributed by atoms with Crippen molar-refractivity contribution in [3.05, 3.63) is 59.4 Å². The van der Waals surface area contributed by atoms with Crippen LogP contribution in [0.3, 0.4) is 0 Å². The second-order valence-corrected chi connectivity index (χ2v) is 6.89. The first-order valence-corrected chi connectivity index (χ1v) is 8.99. The highest BCUT2D eigenvalue weighted by atomic mass is 16.5. The van der Waals surface area contributed by atoms with E-state index in [1.54, 1.807) is 7.11 Å². The molecule has 0 bridgehead atoms. The van der Waals surface area contributed by atoms with Crippen molar-refractivity contribution in [2.45, 2.75) is 31.7 Å². The SMILES string of the molecule is COc1ccccc1CNC(=O)Cc1ccc2c(c1)nc(C1CC1)n2C. The van der Waals surface area contributed by atoms with Gasteiger partial charge >= 0.3 is 0 Å². The number of benzene rings is 2. The van der Waals surface area contributed by atoms with Crippen molar-refractivity contribution in [1.29, 1.82) is 0 Å². The van der Waals surface area contributed by atoms with Crippen molar-refractivity contribution in [3.63, 3.8) is 0 Å². The summed E-state index contributed by atoms with van der Waals surface area (Å²) in [6.07, 6.45) is 2.81. The summed E-state index contributed by atoms with van der Waals surface area (Å²) < 4.78 is 7.50. The lowest BCUT2D eigenvalue weighted by atomic mass is 10.1. The van der Waals surface area contributed by atoms with E-state index < -0.39 is 0 Å². The van der Waals surface area contributed by atoms with Crippen LogP contribution in [0.2, 0.25) is 0 Å². The number of imidazole rings is 1. The summed E-state index contributed by atoms with van der Waals surface area (Å²) in [7, 11) is 3.71. The number of ether oxygens (including phenoxy) is 1. The van der Waals surface area contributed by atoms with Gasteiger partial charge in [-0.25, -0.2) is 4.98 Å². The van der Waals surface area contributed by atoms with Gasteiger partial charge in [0.25, 0.3) is 0 Å². The molecule has 2 aromatic carbocycles. The highest BCUT2D eigenvalue weighted by Crippen LogP contribution is 2.40. The topological polar surface area (TPSA) is 56.1 Å². The molecule has 0 radical (unpaired) electrons. The molecule has 5 heteroatoms. The van der Waals surface area contributed by atoms with Crippen molar-refractivity contribution in [3.8, 4) is 5.75 Å². The molecule has 134 valence electrons. The summed E-state index contributed by atoms with van der Waals surface area (Å²) in [6, 6.07) is 13.8.